The van der Waals surface area contributed by atoms with Gasteiger partial charge in [0.15, 0.2) is 0 Å². The van der Waals surface area contributed by atoms with Gasteiger partial charge in [-0.25, -0.2) is 0 Å². The molecule has 0 spiro atoms. The molecule has 0 aromatic rings. The van der Waals surface area contributed by atoms with Gasteiger partial charge in [-0.1, -0.05) is 6.92 Å². The number of rotatable bonds is 1. The molecule has 0 amide bonds. The Hall–Kier alpha value is -0.240. The van der Waals surface area contributed by atoms with Crippen LogP contribution in [0.2, 0.25) is 0 Å². The summed E-state index contributed by atoms with van der Waals surface area (Å²) in [5.41, 5.74) is 0. The highest BCUT2D eigenvalue weighted by atomic mass is 35.5. The zero-order valence-corrected chi connectivity index (χ0v) is 7.34. The highest BCUT2D eigenvalue weighted by Crippen LogP contribution is 2.32. The van der Waals surface area contributed by atoms with Gasteiger partial charge in [-0.15, -0.1) is 11.6 Å². The van der Waals surface area contributed by atoms with Gasteiger partial charge in [-0.05, 0) is 25.2 Å². The molecular formula is C8H13ClO2. The zero-order valence-electron chi connectivity index (χ0n) is 6.59. The largest absolute Gasteiger partial charge is 0.481 e. The van der Waals surface area contributed by atoms with E-state index < -0.39 is 5.97 Å². The Bertz CT molecular complexity index is 158. The van der Waals surface area contributed by atoms with E-state index >= 15 is 0 Å². The molecule has 1 fully saturated rings. The fourth-order valence-electron chi connectivity index (χ4n) is 1.70. The van der Waals surface area contributed by atoms with Crippen LogP contribution >= 0.6 is 11.6 Å². The highest BCUT2D eigenvalue weighted by molar-refractivity contribution is 6.20. The first-order chi connectivity index (χ1) is 5.11. The Balaban J connectivity index is 2.50. The number of alkyl halides is 1. The van der Waals surface area contributed by atoms with Crippen LogP contribution in [0.25, 0.3) is 0 Å². The molecule has 0 aromatic heterocycles. The van der Waals surface area contributed by atoms with Gasteiger partial charge < -0.3 is 5.11 Å². The third-order valence-corrected chi connectivity index (χ3v) is 2.82. The van der Waals surface area contributed by atoms with Crippen molar-refractivity contribution in [2.75, 3.05) is 0 Å². The summed E-state index contributed by atoms with van der Waals surface area (Å²) in [6.45, 7) is 1.97. The third kappa shape index (κ3) is 2.09. The zero-order chi connectivity index (χ0) is 8.43. The van der Waals surface area contributed by atoms with E-state index in [-0.39, 0.29) is 17.2 Å². The van der Waals surface area contributed by atoms with E-state index in [0.29, 0.717) is 0 Å². The summed E-state index contributed by atoms with van der Waals surface area (Å²) >= 11 is 5.89. The molecule has 11 heavy (non-hydrogen) atoms. The van der Waals surface area contributed by atoms with E-state index in [9.17, 15) is 4.79 Å². The van der Waals surface area contributed by atoms with Crippen molar-refractivity contribution >= 4 is 17.6 Å². The molecule has 1 aliphatic rings. The van der Waals surface area contributed by atoms with Crippen molar-refractivity contribution in [2.24, 2.45) is 11.8 Å². The molecule has 64 valence electrons. The maximum Gasteiger partial charge on any atom is 0.306 e. The number of carboxylic acid groups (broad SMARTS) is 1. The van der Waals surface area contributed by atoms with Crippen LogP contribution in [0.5, 0.6) is 0 Å². The lowest BCUT2D eigenvalue weighted by Gasteiger charge is -2.28. The van der Waals surface area contributed by atoms with Crippen LogP contribution in [0.4, 0.5) is 0 Å². The standard InChI is InChI=1S/C8H13ClO2/c1-5-4-6(9)2-3-7(5)8(10)11/h5-7H,2-4H2,1H3,(H,10,11)/t5-,6+,7+/m1/s1. The second-order valence-electron chi connectivity index (χ2n) is 3.33. The lowest BCUT2D eigenvalue weighted by Crippen LogP contribution is -2.29. The van der Waals surface area contributed by atoms with Gasteiger partial charge in [-0.2, -0.15) is 0 Å². The first-order valence-electron chi connectivity index (χ1n) is 3.98. The molecule has 0 heterocycles. The fourth-order valence-corrected chi connectivity index (χ4v) is 2.10. The normalized spacial score (nSPS) is 38.5. The first-order valence-corrected chi connectivity index (χ1v) is 4.41. The third-order valence-electron chi connectivity index (χ3n) is 2.42. The Kier molecular flexibility index (Phi) is 2.77. The van der Waals surface area contributed by atoms with Crippen molar-refractivity contribution in [2.45, 2.75) is 31.6 Å². The molecule has 0 bridgehead atoms. The molecule has 3 atom stereocenters. The average Bonchev–Trinajstić information content (AvgIpc) is 1.85. The molecule has 2 nitrogen and oxygen atoms in total. The molecule has 0 aromatic carbocycles. The summed E-state index contributed by atoms with van der Waals surface area (Å²) in [7, 11) is 0. The van der Waals surface area contributed by atoms with Crippen LogP contribution in [-0.4, -0.2) is 16.5 Å². The van der Waals surface area contributed by atoms with E-state index in [0.717, 1.165) is 19.3 Å². The van der Waals surface area contributed by atoms with E-state index in [4.69, 9.17) is 16.7 Å². The molecule has 0 radical (unpaired) electrons. The number of aliphatic carboxylic acids is 1. The average molecular weight is 177 g/mol. The fraction of sp³-hybridized carbons (Fsp3) is 0.875. The van der Waals surface area contributed by atoms with E-state index in [1.165, 1.54) is 0 Å². The van der Waals surface area contributed by atoms with Gasteiger partial charge in [0.2, 0.25) is 0 Å². The van der Waals surface area contributed by atoms with Crippen LogP contribution < -0.4 is 0 Å². The van der Waals surface area contributed by atoms with Crippen molar-refractivity contribution in [1.82, 2.24) is 0 Å². The summed E-state index contributed by atoms with van der Waals surface area (Å²) < 4.78 is 0. The predicted molar refractivity (Wildman–Crippen MR) is 43.8 cm³/mol. The monoisotopic (exact) mass is 176 g/mol. The van der Waals surface area contributed by atoms with E-state index in [2.05, 4.69) is 0 Å². The SMILES string of the molecule is C[C@@H]1C[C@@H](Cl)CC[C@@H]1C(=O)O. The highest BCUT2D eigenvalue weighted by Gasteiger charge is 2.30. The summed E-state index contributed by atoms with van der Waals surface area (Å²) in [5, 5.41) is 8.95. The summed E-state index contributed by atoms with van der Waals surface area (Å²) in [6, 6.07) is 0. The van der Waals surface area contributed by atoms with E-state index in [1.807, 2.05) is 6.92 Å². The van der Waals surface area contributed by atoms with Crippen LogP contribution in [0.1, 0.15) is 26.2 Å². The molecular weight excluding hydrogens is 164 g/mol. The number of carboxylic acids is 1. The minimum absolute atomic E-state index is 0.162. The molecule has 1 saturated carbocycles. The van der Waals surface area contributed by atoms with Crippen molar-refractivity contribution < 1.29 is 9.90 Å². The Morgan fingerprint density at radius 1 is 1.55 bits per heavy atom. The van der Waals surface area contributed by atoms with Gasteiger partial charge >= 0.3 is 5.97 Å². The summed E-state index contributed by atoms with van der Waals surface area (Å²) in [6.07, 6.45) is 2.44. The van der Waals surface area contributed by atoms with Gasteiger partial charge in [0.05, 0.1) is 5.92 Å². The van der Waals surface area contributed by atoms with Gasteiger partial charge in [-0.3, -0.25) is 4.79 Å². The van der Waals surface area contributed by atoms with Crippen molar-refractivity contribution in [3.05, 3.63) is 0 Å². The second kappa shape index (κ2) is 3.44. The van der Waals surface area contributed by atoms with Crippen molar-refractivity contribution in [3.8, 4) is 0 Å². The molecule has 0 aliphatic heterocycles. The summed E-state index contributed by atoms with van der Waals surface area (Å²) in [5.74, 6) is -0.588. The topological polar surface area (TPSA) is 37.3 Å². The van der Waals surface area contributed by atoms with Crippen LogP contribution in [-0.2, 0) is 4.79 Å². The minimum Gasteiger partial charge on any atom is -0.481 e. The summed E-state index contributed by atoms with van der Waals surface area (Å²) in [4.78, 5) is 10.6. The predicted octanol–water partition coefficient (Wildman–Crippen LogP) is 2.11. The van der Waals surface area contributed by atoms with Gasteiger partial charge in [0.25, 0.3) is 0 Å². The maximum atomic E-state index is 10.6. The number of hydrogen-bond acceptors (Lipinski definition) is 1. The number of hydrogen-bond donors (Lipinski definition) is 1. The van der Waals surface area contributed by atoms with Crippen LogP contribution in [0.3, 0.4) is 0 Å². The van der Waals surface area contributed by atoms with Crippen LogP contribution in [0.15, 0.2) is 0 Å². The molecule has 0 unspecified atom stereocenters. The molecule has 1 N–H and O–H groups in total. The molecule has 3 heteroatoms. The Labute approximate surface area is 71.5 Å². The quantitative estimate of drug-likeness (QED) is 0.622. The molecule has 0 saturated heterocycles. The van der Waals surface area contributed by atoms with Crippen molar-refractivity contribution in [3.63, 3.8) is 0 Å². The maximum absolute atomic E-state index is 10.6. The Morgan fingerprint density at radius 3 is 2.64 bits per heavy atom. The smallest absolute Gasteiger partial charge is 0.306 e. The lowest BCUT2D eigenvalue weighted by atomic mass is 9.80. The molecule has 1 rings (SSSR count). The first kappa shape index (κ1) is 8.85. The molecule has 1 aliphatic carbocycles. The van der Waals surface area contributed by atoms with E-state index in [1.54, 1.807) is 0 Å². The number of halogens is 1. The number of carbonyl (C=O) groups is 1. The lowest BCUT2D eigenvalue weighted by molar-refractivity contribution is -0.144. The van der Waals surface area contributed by atoms with Gasteiger partial charge in [0.1, 0.15) is 0 Å². The van der Waals surface area contributed by atoms with Crippen molar-refractivity contribution in [1.29, 1.82) is 0 Å². The van der Waals surface area contributed by atoms with Crippen LogP contribution in [0, 0.1) is 11.8 Å². The Morgan fingerprint density at radius 2 is 2.18 bits per heavy atom. The second-order valence-corrected chi connectivity index (χ2v) is 3.95. The minimum atomic E-state index is -0.666. The van der Waals surface area contributed by atoms with Gasteiger partial charge in [0, 0.05) is 5.38 Å².